The van der Waals surface area contributed by atoms with Crippen molar-refractivity contribution in [2.75, 3.05) is 12.8 Å². The van der Waals surface area contributed by atoms with Gasteiger partial charge in [-0.2, -0.15) is 10.2 Å². The van der Waals surface area contributed by atoms with Crippen LogP contribution in [-0.4, -0.2) is 41.7 Å². The van der Waals surface area contributed by atoms with Crippen LogP contribution in [0, 0.1) is 6.92 Å². The van der Waals surface area contributed by atoms with E-state index in [9.17, 15) is 0 Å². The Morgan fingerprint density at radius 1 is 1.16 bits per heavy atom. The number of rotatable bonds is 5. The van der Waals surface area contributed by atoms with E-state index in [0.717, 1.165) is 28.1 Å². The molecule has 0 spiro atoms. The van der Waals surface area contributed by atoms with Gasteiger partial charge in [-0.25, -0.2) is 9.50 Å². The van der Waals surface area contributed by atoms with E-state index in [1.807, 2.05) is 43.6 Å². The average molecular weight is 416 g/mol. The van der Waals surface area contributed by atoms with Gasteiger partial charge in [0.1, 0.15) is 23.3 Å². The van der Waals surface area contributed by atoms with Crippen molar-refractivity contribution in [3.63, 3.8) is 0 Å². The minimum atomic E-state index is 0.386. The third-order valence-electron chi connectivity index (χ3n) is 5.07. The maximum absolute atomic E-state index is 6.24. The molecule has 10 heteroatoms. The summed E-state index contributed by atoms with van der Waals surface area (Å²) in [5.74, 6) is 2.16. The van der Waals surface area contributed by atoms with Gasteiger partial charge in [0, 0.05) is 31.3 Å². The summed E-state index contributed by atoms with van der Waals surface area (Å²) in [6.07, 6.45) is 3.80. The van der Waals surface area contributed by atoms with Crippen LogP contribution in [0.4, 0.5) is 5.82 Å². The lowest BCUT2D eigenvalue weighted by molar-refractivity contribution is 0.407. The Hall–Kier alpha value is -4.21. The molecular weight excluding hydrogens is 396 g/mol. The van der Waals surface area contributed by atoms with E-state index in [0.29, 0.717) is 35.3 Å². The Morgan fingerprint density at radius 3 is 2.74 bits per heavy atom. The third kappa shape index (κ3) is 3.27. The summed E-state index contributed by atoms with van der Waals surface area (Å²) >= 11 is 0. The number of hydrogen-bond donors (Lipinski definition) is 1. The molecule has 4 heterocycles. The molecule has 0 unspecified atom stereocenters. The van der Waals surface area contributed by atoms with E-state index >= 15 is 0 Å². The number of fused-ring (bicyclic) bond motifs is 1. The van der Waals surface area contributed by atoms with Crippen LogP contribution in [0.1, 0.15) is 17.3 Å². The van der Waals surface area contributed by atoms with Crippen molar-refractivity contribution in [3.05, 3.63) is 60.2 Å². The third-order valence-corrected chi connectivity index (χ3v) is 5.07. The number of aromatic nitrogens is 7. The fraction of sp³-hybridized carbons (Fsp3) is 0.190. The first kappa shape index (κ1) is 18.8. The number of ether oxygens (including phenoxy) is 1. The molecule has 0 bridgehead atoms. The predicted octanol–water partition coefficient (Wildman–Crippen LogP) is 2.67. The van der Waals surface area contributed by atoms with Crippen molar-refractivity contribution >= 4 is 11.3 Å². The van der Waals surface area contributed by atoms with Crippen LogP contribution >= 0.6 is 0 Å². The summed E-state index contributed by atoms with van der Waals surface area (Å²) < 4.78 is 14.7. The number of aryl methyl sites for hydroxylation is 2. The van der Waals surface area contributed by atoms with E-state index in [4.69, 9.17) is 14.9 Å². The zero-order valence-electron chi connectivity index (χ0n) is 17.3. The Labute approximate surface area is 177 Å². The summed E-state index contributed by atoms with van der Waals surface area (Å²) in [4.78, 5) is 4.19. The van der Waals surface area contributed by atoms with Crippen LogP contribution in [0.25, 0.3) is 28.0 Å². The molecule has 5 rings (SSSR count). The van der Waals surface area contributed by atoms with Crippen LogP contribution in [0.2, 0.25) is 0 Å². The van der Waals surface area contributed by atoms with Crippen molar-refractivity contribution in [1.82, 2.24) is 34.6 Å². The summed E-state index contributed by atoms with van der Waals surface area (Å²) in [6, 6.07) is 9.89. The normalized spacial score (nSPS) is 11.3. The van der Waals surface area contributed by atoms with Gasteiger partial charge in [-0.15, -0.1) is 10.2 Å². The molecule has 0 aliphatic heterocycles. The highest BCUT2D eigenvalue weighted by atomic mass is 16.5. The number of methoxy groups -OCH3 is 1. The van der Waals surface area contributed by atoms with Crippen LogP contribution < -0.4 is 10.5 Å². The standard InChI is InChI=1S/C21H20N8O2/c1-12-25-26-19(31-12)9-14-5-4-13(8-18(14)30-3)15-10-17(16-6-7-28(2)27-16)29-20(15)21(22)23-11-24-29/h4-8,10-11H,9H2,1-3H3,(H2,22,23,24). The fourth-order valence-electron chi connectivity index (χ4n) is 3.65. The monoisotopic (exact) mass is 416 g/mol. The van der Waals surface area contributed by atoms with E-state index < -0.39 is 0 Å². The number of anilines is 1. The Morgan fingerprint density at radius 2 is 2.03 bits per heavy atom. The zero-order valence-corrected chi connectivity index (χ0v) is 17.3. The summed E-state index contributed by atoms with van der Waals surface area (Å²) in [6.45, 7) is 1.76. The maximum Gasteiger partial charge on any atom is 0.221 e. The number of benzene rings is 1. The Bertz CT molecular complexity index is 1400. The van der Waals surface area contributed by atoms with E-state index in [1.165, 1.54) is 6.33 Å². The Balaban J connectivity index is 1.63. The molecule has 0 atom stereocenters. The van der Waals surface area contributed by atoms with Crippen molar-refractivity contribution in [1.29, 1.82) is 0 Å². The number of nitrogen functional groups attached to an aromatic ring is 1. The van der Waals surface area contributed by atoms with Crippen LogP contribution in [0.15, 0.2) is 47.3 Å². The lowest BCUT2D eigenvalue weighted by Gasteiger charge is -2.10. The predicted molar refractivity (Wildman–Crippen MR) is 113 cm³/mol. The van der Waals surface area contributed by atoms with Gasteiger partial charge in [-0.3, -0.25) is 4.68 Å². The van der Waals surface area contributed by atoms with Crippen LogP contribution in [0.3, 0.4) is 0 Å². The SMILES string of the molecule is COc1cc(-c2cc(-c3ccn(C)n3)n3ncnc(N)c23)ccc1Cc1nnc(C)o1. The fourth-order valence-corrected chi connectivity index (χ4v) is 3.65. The van der Waals surface area contributed by atoms with Gasteiger partial charge < -0.3 is 14.9 Å². The molecule has 0 aliphatic rings. The molecular formula is C21H20N8O2. The number of hydrogen-bond acceptors (Lipinski definition) is 8. The quantitative estimate of drug-likeness (QED) is 0.464. The molecule has 4 aromatic heterocycles. The maximum atomic E-state index is 6.24. The van der Waals surface area contributed by atoms with Gasteiger partial charge in [0.05, 0.1) is 19.2 Å². The van der Waals surface area contributed by atoms with Crippen molar-refractivity contribution in [3.8, 4) is 28.3 Å². The van der Waals surface area contributed by atoms with E-state index in [-0.39, 0.29) is 0 Å². The highest BCUT2D eigenvalue weighted by Crippen LogP contribution is 2.36. The highest BCUT2D eigenvalue weighted by molar-refractivity contribution is 5.91. The summed E-state index contributed by atoms with van der Waals surface area (Å²) in [5.41, 5.74) is 11.3. The largest absolute Gasteiger partial charge is 0.496 e. The van der Waals surface area contributed by atoms with Gasteiger partial charge in [-0.1, -0.05) is 12.1 Å². The second-order valence-electron chi connectivity index (χ2n) is 7.14. The number of nitrogens with zero attached hydrogens (tertiary/aromatic N) is 7. The summed E-state index contributed by atoms with van der Waals surface area (Å²) in [7, 11) is 3.51. The first-order chi connectivity index (χ1) is 15.0. The first-order valence-electron chi connectivity index (χ1n) is 9.62. The molecule has 5 aromatic rings. The van der Waals surface area contributed by atoms with Crippen LogP contribution in [-0.2, 0) is 13.5 Å². The molecule has 0 fully saturated rings. The molecule has 31 heavy (non-hydrogen) atoms. The molecule has 1 aromatic carbocycles. The van der Waals surface area contributed by atoms with Crippen molar-refractivity contribution in [2.24, 2.45) is 7.05 Å². The van der Waals surface area contributed by atoms with Crippen molar-refractivity contribution in [2.45, 2.75) is 13.3 Å². The van der Waals surface area contributed by atoms with Crippen LogP contribution in [0.5, 0.6) is 5.75 Å². The molecule has 0 amide bonds. The molecule has 0 radical (unpaired) electrons. The second-order valence-corrected chi connectivity index (χ2v) is 7.14. The lowest BCUT2D eigenvalue weighted by atomic mass is 10.0. The average Bonchev–Trinajstić information content (AvgIpc) is 3.47. The van der Waals surface area contributed by atoms with Crippen molar-refractivity contribution < 1.29 is 9.15 Å². The van der Waals surface area contributed by atoms with Gasteiger partial charge in [0.2, 0.25) is 11.8 Å². The molecule has 2 N–H and O–H groups in total. The Kier molecular flexibility index (Phi) is 4.39. The first-order valence-corrected chi connectivity index (χ1v) is 9.62. The topological polar surface area (TPSA) is 122 Å². The lowest BCUT2D eigenvalue weighted by Crippen LogP contribution is -2.01. The van der Waals surface area contributed by atoms with E-state index in [2.05, 4.69) is 25.4 Å². The smallest absolute Gasteiger partial charge is 0.221 e. The van der Waals surface area contributed by atoms with Gasteiger partial charge in [0.25, 0.3) is 0 Å². The number of nitrogens with two attached hydrogens (primary N) is 1. The van der Waals surface area contributed by atoms with Gasteiger partial charge >= 0.3 is 0 Å². The molecule has 10 nitrogen and oxygen atoms in total. The zero-order chi connectivity index (χ0) is 21.5. The minimum absolute atomic E-state index is 0.386. The second kappa shape index (κ2) is 7.24. The minimum Gasteiger partial charge on any atom is -0.496 e. The van der Waals surface area contributed by atoms with Gasteiger partial charge in [-0.05, 0) is 23.8 Å². The molecule has 0 saturated carbocycles. The highest BCUT2D eigenvalue weighted by Gasteiger charge is 2.19. The summed E-state index contributed by atoms with van der Waals surface area (Å²) in [5, 5.41) is 16.9. The molecule has 0 saturated heterocycles. The van der Waals surface area contributed by atoms with E-state index in [1.54, 1.807) is 23.2 Å². The molecule has 156 valence electrons. The van der Waals surface area contributed by atoms with Gasteiger partial charge in [0.15, 0.2) is 5.82 Å². The molecule has 0 aliphatic carbocycles.